The number of pyridine rings is 1. The van der Waals surface area contributed by atoms with Crippen molar-refractivity contribution in [3.63, 3.8) is 0 Å². The highest BCUT2D eigenvalue weighted by atomic mass is 16.2. The number of benzene rings is 1. The van der Waals surface area contributed by atoms with Crippen molar-refractivity contribution in [1.29, 1.82) is 0 Å². The maximum absolute atomic E-state index is 12.2. The van der Waals surface area contributed by atoms with Crippen LogP contribution in [0.25, 0.3) is 10.9 Å². The standard InChI is InChI=1S/C18H24N4O2/c1-2-7-19-18(24)22-10-8-21(9-11-22)13-15-12-14-5-3-4-6-16(14)20-17(15)23/h3-6,12H,2,7-11,13H2,1H3,(H,19,24)(H,20,23). The van der Waals surface area contributed by atoms with E-state index in [2.05, 4.69) is 15.2 Å². The van der Waals surface area contributed by atoms with E-state index in [-0.39, 0.29) is 11.6 Å². The van der Waals surface area contributed by atoms with Crippen molar-refractivity contribution in [2.24, 2.45) is 0 Å². The van der Waals surface area contributed by atoms with Crippen LogP contribution in [0, 0.1) is 0 Å². The number of urea groups is 1. The number of carbonyl (C=O) groups excluding carboxylic acids is 1. The van der Waals surface area contributed by atoms with E-state index in [1.165, 1.54) is 0 Å². The van der Waals surface area contributed by atoms with E-state index in [1.807, 2.05) is 42.2 Å². The Hall–Kier alpha value is -2.34. The Morgan fingerprint density at radius 3 is 2.71 bits per heavy atom. The lowest BCUT2D eigenvalue weighted by atomic mass is 10.1. The number of nitrogens with zero attached hydrogens (tertiary/aromatic N) is 2. The average Bonchev–Trinajstić information content (AvgIpc) is 2.61. The zero-order valence-corrected chi connectivity index (χ0v) is 14.0. The minimum absolute atomic E-state index is 0.0139. The fourth-order valence-corrected chi connectivity index (χ4v) is 3.00. The number of aromatic nitrogens is 1. The smallest absolute Gasteiger partial charge is 0.317 e. The van der Waals surface area contributed by atoms with E-state index >= 15 is 0 Å². The van der Waals surface area contributed by atoms with E-state index in [0.717, 1.165) is 36.0 Å². The van der Waals surface area contributed by atoms with Crippen LogP contribution in [0.4, 0.5) is 4.79 Å². The summed E-state index contributed by atoms with van der Waals surface area (Å²) in [5.74, 6) is 0. The molecule has 1 aliphatic rings. The van der Waals surface area contributed by atoms with Crippen molar-refractivity contribution >= 4 is 16.9 Å². The highest BCUT2D eigenvalue weighted by molar-refractivity contribution is 5.78. The molecule has 1 aromatic heterocycles. The lowest BCUT2D eigenvalue weighted by molar-refractivity contribution is 0.135. The molecule has 128 valence electrons. The second kappa shape index (κ2) is 7.49. The van der Waals surface area contributed by atoms with Crippen LogP contribution in [0.2, 0.25) is 0 Å². The first-order valence-corrected chi connectivity index (χ1v) is 8.53. The number of para-hydroxylation sites is 1. The van der Waals surface area contributed by atoms with E-state index in [0.29, 0.717) is 26.2 Å². The fraction of sp³-hybridized carbons (Fsp3) is 0.444. The monoisotopic (exact) mass is 328 g/mol. The highest BCUT2D eigenvalue weighted by Crippen LogP contribution is 2.12. The Kier molecular flexibility index (Phi) is 5.15. The van der Waals surface area contributed by atoms with Crippen molar-refractivity contribution in [3.05, 3.63) is 46.2 Å². The van der Waals surface area contributed by atoms with Gasteiger partial charge in [0.1, 0.15) is 0 Å². The summed E-state index contributed by atoms with van der Waals surface area (Å²) < 4.78 is 0. The number of piperazine rings is 1. The van der Waals surface area contributed by atoms with Gasteiger partial charge in [-0.1, -0.05) is 25.1 Å². The summed E-state index contributed by atoms with van der Waals surface area (Å²) in [7, 11) is 0. The Morgan fingerprint density at radius 2 is 1.96 bits per heavy atom. The molecule has 3 rings (SSSR count). The maximum atomic E-state index is 12.2. The predicted octanol–water partition coefficient (Wildman–Crippen LogP) is 1.77. The van der Waals surface area contributed by atoms with Crippen molar-refractivity contribution in [3.8, 4) is 0 Å². The molecule has 24 heavy (non-hydrogen) atoms. The fourth-order valence-electron chi connectivity index (χ4n) is 3.00. The third-order valence-electron chi connectivity index (χ3n) is 4.41. The molecule has 0 bridgehead atoms. The van der Waals surface area contributed by atoms with Gasteiger partial charge in [-0.05, 0) is 23.9 Å². The maximum Gasteiger partial charge on any atom is 0.317 e. The molecule has 1 aromatic carbocycles. The van der Waals surface area contributed by atoms with E-state index < -0.39 is 0 Å². The van der Waals surface area contributed by atoms with Gasteiger partial charge in [0.15, 0.2) is 0 Å². The van der Waals surface area contributed by atoms with Gasteiger partial charge >= 0.3 is 6.03 Å². The molecule has 2 heterocycles. The normalized spacial score (nSPS) is 15.6. The van der Waals surface area contributed by atoms with E-state index in [1.54, 1.807) is 0 Å². The number of hydrogen-bond acceptors (Lipinski definition) is 3. The van der Waals surface area contributed by atoms with Crippen molar-refractivity contribution in [1.82, 2.24) is 20.1 Å². The van der Waals surface area contributed by atoms with Crippen LogP contribution in [0.5, 0.6) is 0 Å². The molecule has 0 unspecified atom stereocenters. The van der Waals surface area contributed by atoms with Gasteiger partial charge in [0.05, 0.1) is 0 Å². The third kappa shape index (κ3) is 3.76. The molecule has 2 N–H and O–H groups in total. The van der Waals surface area contributed by atoms with E-state index in [9.17, 15) is 9.59 Å². The van der Waals surface area contributed by atoms with Gasteiger partial charge in [0.2, 0.25) is 0 Å². The molecular formula is C18H24N4O2. The van der Waals surface area contributed by atoms with Gasteiger partial charge in [0.25, 0.3) is 5.56 Å². The van der Waals surface area contributed by atoms with Crippen LogP contribution < -0.4 is 10.9 Å². The topological polar surface area (TPSA) is 68.4 Å². The largest absolute Gasteiger partial charge is 0.338 e. The number of rotatable bonds is 4. The first-order valence-electron chi connectivity index (χ1n) is 8.53. The first-order chi connectivity index (χ1) is 11.7. The third-order valence-corrected chi connectivity index (χ3v) is 4.41. The van der Waals surface area contributed by atoms with Crippen molar-refractivity contribution in [2.75, 3.05) is 32.7 Å². The minimum Gasteiger partial charge on any atom is -0.338 e. The molecule has 0 spiro atoms. The average molecular weight is 328 g/mol. The van der Waals surface area contributed by atoms with E-state index in [4.69, 9.17) is 0 Å². The molecule has 0 radical (unpaired) electrons. The van der Waals surface area contributed by atoms with Crippen molar-refractivity contribution in [2.45, 2.75) is 19.9 Å². The van der Waals surface area contributed by atoms with Crippen LogP contribution >= 0.6 is 0 Å². The van der Waals surface area contributed by atoms with Crippen LogP contribution in [0.15, 0.2) is 35.1 Å². The summed E-state index contributed by atoms with van der Waals surface area (Å²) >= 11 is 0. The van der Waals surface area contributed by atoms with Gasteiger partial charge in [-0.3, -0.25) is 9.69 Å². The second-order valence-corrected chi connectivity index (χ2v) is 6.21. The Morgan fingerprint density at radius 1 is 1.21 bits per heavy atom. The second-order valence-electron chi connectivity index (χ2n) is 6.21. The number of hydrogen-bond donors (Lipinski definition) is 2. The molecule has 1 aliphatic heterocycles. The Balaban J connectivity index is 1.61. The first kappa shape index (κ1) is 16.5. The summed E-state index contributed by atoms with van der Waals surface area (Å²) in [4.78, 5) is 31.2. The van der Waals surface area contributed by atoms with Gasteiger partial charge in [-0.2, -0.15) is 0 Å². The zero-order chi connectivity index (χ0) is 16.9. The van der Waals surface area contributed by atoms with Crippen molar-refractivity contribution < 1.29 is 4.79 Å². The summed E-state index contributed by atoms with van der Waals surface area (Å²) in [5, 5.41) is 3.96. The number of nitrogens with one attached hydrogen (secondary N) is 2. The highest BCUT2D eigenvalue weighted by Gasteiger charge is 2.21. The quantitative estimate of drug-likeness (QED) is 0.899. The van der Waals surface area contributed by atoms with Gasteiger partial charge in [-0.25, -0.2) is 4.79 Å². The Labute approximate surface area is 141 Å². The zero-order valence-electron chi connectivity index (χ0n) is 14.0. The molecule has 2 aromatic rings. The van der Waals surface area contributed by atoms with Crippen LogP contribution in [-0.2, 0) is 6.54 Å². The number of carbonyl (C=O) groups is 1. The summed E-state index contributed by atoms with van der Waals surface area (Å²) in [6.07, 6.45) is 0.941. The Bertz CT molecular complexity index is 763. The van der Waals surface area contributed by atoms with Crippen LogP contribution in [-0.4, -0.2) is 53.5 Å². The van der Waals surface area contributed by atoms with Gasteiger partial charge in [0, 0.05) is 50.3 Å². The lowest BCUT2D eigenvalue weighted by Crippen LogP contribution is -2.51. The summed E-state index contributed by atoms with van der Waals surface area (Å²) in [6.45, 7) is 6.33. The predicted molar refractivity (Wildman–Crippen MR) is 95.1 cm³/mol. The molecule has 1 saturated heterocycles. The van der Waals surface area contributed by atoms with Crippen LogP contribution in [0.3, 0.4) is 0 Å². The lowest BCUT2D eigenvalue weighted by Gasteiger charge is -2.34. The molecule has 1 fully saturated rings. The molecule has 6 heteroatoms. The van der Waals surface area contributed by atoms with Gasteiger partial charge in [-0.15, -0.1) is 0 Å². The summed E-state index contributed by atoms with van der Waals surface area (Å²) in [6, 6.07) is 9.78. The molecule has 0 aliphatic carbocycles. The summed E-state index contributed by atoms with van der Waals surface area (Å²) in [5.41, 5.74) is 1.61. The number of fused-ring (bicyclic) bond motifs is 1. The molecule has 0 saturated carbocycles. The molecule has 6 nitrogen and oxygen atoms in total. The van der Waals surface area contributed by atoms with Crippen LogP contribution in [0.1, 0.15) is 18.9 Å². The molecule has 0 atom stereocenters. The minimum atomic E-state index is -0.0307. The molecule has 2 amide bonds. The number of amides is 2. The van der Waals surface area contributed by atoms with Gasteiger partial charge < -0.3 is 15.2 Å². The molecular weight excluding hydrogens is 304 g/mol. The SMILES string of the molecule is CCCNC(=O)N1CCN(Cc2cc3ccccc3[nH]c2=O)CC1. The number of H-pyrrole nitrogens is 1. The number of aromatic amines is 1.